The number of hydrogen-bond donors (Lipinski definition) is 1. The first-order valence-corrected chi connectivity index (χ1v) is 7.73. The molecule has 0 aliphatic carbocycles. The number of aliphatic carboxylic acids is 1. The summed E-state index contributed by atoms with van der Waals surface area (Å²) in [6, 6.07) is 7.38. The fourth-order valence-electron chi connectivity index (χ4n) is 2.70. The van der Waals surface area contributed by atoms with E-state index in [1.807, 2.05) is 32.0 Å². The van der Waals surface area contributed by atoms with E-state index in [1.165, 1.54) is 0 Å². The van der Waals surface area contributed by atoms with Gasteiger partial charge in [0.1, 0.15) is 0 Å². The normalized spacial score (nSPS) is 22.3. The fraction of sp³-hybridized carbons (Fsp3) is 0.467. The molecule has 1 unspecified atom stereocenters. The minimum atomic E-state index is -0.808. The average molecular weight is 387 g/mol. The Morgan fingerprint density at radius 2 is 2.10 bits per heavy atom. The Morgan fingerprint density at radius 1 is 1.40 bits per heavy atom. The number of halogens is 1. The molecule has 0 radical (unpaired) electrons. The number of hydrogen-bond acceptors (Lipinski definition) is 2. The Labute approximate surface area is 132 Å². The molecule has 1 saturated heterocycles. The zero-order chi connectivity index (χ0) is 14.9. The molecular formula is C15H18INO3. The molecule has 1 aromatic rings. The van der Waals surface area contributed by atoms with Crippen molar-refractivity contribution in [1.29, 1.82) is 0 Å². The molecule has 2 rings (SSSR count). The number of benzene rings is 1. The standard InChI is InChI=1S/C15H18INO3/c1-10(2)15(14(19)20)6-7-17(9-15)13(18)11-4-3-5-12(16)8-11/h3-5,8,10H,6-7,9H2,1-2H3,(H,19,20). The average Bonchev–Trinajstić information content (AvgIpc) is 2.84. The largest absolute Gasteiger partial charge is 0.481 e. The Hall–Kier alpha value is -1.11. The van der Waals surface area contributed by atoms with Gasteiger partial charge in [0.25, 0.3) is 5.91 Å². The van der Waals surface area contributed by atoms with Crippen LogP contribution in [0.2, 0.25) is 0 Å². The van der Waals surface area contributed by atoms with Crippen LogP contribution in [0.25, 0.3) is 0 Å². The lowest BCUT2D eigenvalue weighted by Crippen LogP contribution is -2.40. The van der Waals surface area contributed by atoms with Crippen molar-refractivity contribution in [3.05, 3.63) is 33.4 Å². The lowest BCUT2D eigenvalue weighted by atomic mass is 9.76. The first-order valence-electron chi connectivity index (χ1n) is 6.65. The summed E-state index contributed by atoms with van der Waals surface area (Å²) in [6.07, 6.45) is 0.523. The van der Waals surface area contributed by atoms with Crippen molar-refractivity contribution < 1.29 is 14.7 Å². The summed E-state index contributed by atoms with van der Waals surface area (Å²) in [4.78, 5) is 25.7. The van der Waals surface area contributed by atoms with Crippen LogP contribution in [0.15, 0.2) is 24.3 Å². The van der Waals surface area contributed by atoms with Crippen LogP contribution in [-0.4, -0.2) is 35.0 Å². The monoisotopic (exact) mass is 387 g/mol. The van der Waals surface area contributed by atoms with Crippen molar-refractivity contribution in [3.8, 4) is 0 Å². The number of carboxylic acid groups (broad SMARTS) is 1. The molecule has 1 aliphatic heterocycles. The third-order valence-electron chi connectivity index (χ3n) is 4.19. The van der Waals surface area contributed by atoms with Gasteiger partial charge < -0.3 is 10.0 Å². The molecule has 1 amide bonds. The molecule has 1 N–H and O–H groups in total. The van der Waals surface area contributed by atoms with Gasteiger partial charge in [0.2, 0.25) is 0 Å². The molecular weight excluding hydrogens is 369 g/mol. The van der Waals surface area contributed by atoms with E-state index in [9.17, 15) is 14.7 Å². The Morgan fingerprint density at radius 3 is 2.60 bits per heavy atom. The van der Waals surface area contributed by atoms with E-state index < -0.39 is 11.4 Å². The molecule has 108 valence electrons. The molecule has 20 heavy (non-hydrogen) atoms. The minimum Gasteiger partial charge on any atom is -0.481 e. The van der Waals surface area contributed by atoms with E-state index in [-0.39, 0.29) is 11.8 Å². The third-order valence-corrected chi connectivity index (χ3v) is 4.86. The molecule has 5 heteroatoms. The van der Waals surface area contributed by atoms with Gasteiger partial charge in [-0.05, 0) is 53.1 Å². The van der Waals surface area contributed by atoms with Crippen molar-refractivity contribution >= 4 is 34.5 Å². The lowest BCUT2D eigenvalue weighted by Gasteiger charge is -2.28. The van der Waals surface area contributed by atoms with Gasteiger partial charge in [-0.1, -0.05) is 19.9 Å². The molecule has 0 saturated carbocycles. The molecule has 0 bridgehead atoms. The molecule has 4 nitrogen and oxygen atoms in total. The molecule has 0 aromatic heterocycles. The maximum Gasteiger partial charge on any atom is 0.311 e. The first kappa shape index (κ1) is 15.3. The molecule has 1 fully saturated rings. The highest BCUT2D eigenvalue weighted by molar-refractivity contribution is 14.1. The maximum absolute atomic E-state index is 12.5. The smallest absolute Gasteiger partial charge is 0.311 e. The Kier molecular flexibility index (Phi) is 4.36. The van der Waals surface area contributed by atoms with Crippen LogP contribution >= 0.6 is 22.6 Å². The predicted octanol–water partition coefficient (Wildman–Crippen LogP) is 2.86. The number of likely N-dealkylation sites (tertiary alicyclic amines) is 1. The third kappa shape index (κ3) is 2.68. The minimum absolute atomic E-state index is 0.00806. The molecule has 1 aliphatic rings. The van der Waals surface area contributed by atoms with Gasteiger partial charge in [0.05, 0.1) is 5.41 Å². The van der Waals surface area contributed by atoms with Crippen LogP contribution in [0, 0.1) is 14.9 Å². The van der Waals surface area contributed by atoms with Gasteiger partial charge >= 0.3 is 5.97 Å². The summed E-state index contributed by atoms with van der Waals surface area (Å²) in [5.41, 5.74) is -0.181. The number of carbonyl (C=O) groups excluding carboxylic acids is 1. The topological polar surface area (TPSA) is 57.6 Å². The number of amides is 1. The summed E-state index contributed by atoms with van der Waals surface area (Å²) in [6.45, 7) is 4.63. The second-order valence-corrected chi connectivity index (χ2v) is 6.85. The number of carbonyl (C=O) groups is 2. The number of rotatable bonds is 3. The number of carboxylic acids is 1. The molecule has 1 aromatic carbocycles. The van der Waals surface area contributed by atoms with Crippen molar-refractivity contribution in [2.45, 2.75) is 20.3 Å². The highest BCUT2D eigenvalue weighted by atomic mass is 127. The van der Waals surface area contributed by atoms with Gasteiger partial charge in [-0.15, -0.1) is 0 Å². The van der Waals surface area contributed by atoms with E-state index >= 15 is 0 Å². The van der Waals surface area contributed by atoms with Crippen LogP contribution in [-0.2, 0) is 4.79 Å². The zero-order valence-corrected chi connectivity index (χ0v) is 13.8. The predicted molar refractivity (Wildman–Crippen MR) is 84.6 cm³/mol. The molecule has 1 heterocycles. The fourth-order valence-corrected chi connectivity index (χ4v) is 3.25. The van der Waals surface area contributed by atoms with Gasteiger partial charge in [0.15, 0.2) is 0 Å². The van der Waals surface area contributed by atoms with E-state index in [1.54, 1.807) is 11.0 Å². The van der Waals surface area contributed by atoms with Crippen LogP contribution in [0.5, 0.6) is 0 Å². The summed E-state index contributed by atoms with van der Waals surface area (Å²) in [5.74, 6) is -0.869. The van der Waals surface area contributed by atoms with Crippen molar-refractivity contribution in [3.63, 3.8) is 0 Å². The van der Waals surface area contributed by atoms with E-state index in [2.05, 4.69) is 22.6 Å². The molecule has 0 spiro atoms. The van der Waals surface area contributed by atoms with Gasteiger partial charge in [-0.2, -0.15) is 0 Å². The Bertz CT molecular complexity index is 544. The SMILES string of the molecule is CC(C)C1(C(=O)O)CCN(C(=O)c2cccc(I)c2)C1. The van der Waals surface area contributed by atoms with E-state index in [4.69, 9.17) is 0 Å². The van der Waals surface area contributed by atoms with Crippen LogP contribution in [0.3, 0.4) is 0 Å². The van der Waals surface area contributed by atoms with Gasteiger partial charge in [0, 0.05) is 22.2 Å². The Balaban J connectivity index is 2.21. The van der Waals surface area contributed by atoms with Gasteiger partial charge in [-0.3, -0.25) is 9.59 Å². The first-order chi connectivity index (χ1) is 9.36. The van der Waals surface area contributed by atoms with E-state index in [0.717, 1.165) is 3.57 Å². The van der Waals surface area contributed by atoms with Crippen LogP contribution in [0.4, 0.5) is 0 Å². The summed E-state index contributed by atoms with van der Waals surface area (Å²) in [7, 11) is 0. The van der Waals surface area contributed by atoms with Gasteiger partial charge in [-0.25, -0.2) is 0 Å². The van der Waals surface area contributed by atoms with Crippen molar-refractivity contribution in [2.75, 3.05) is 13.1 Å². The van der Waals surface area contributed by atoms with Crippen molar-refractivity contribution in [1.82, 2.24) is 4.90 Å². The molecule has 1 atom stereocenters. The second kappa shape index (κ2) is 5.71. The number of nitrogens with zero attached hydrogens (tertiary/aromatic N) is 1. The summed E-state index contributed by atoms with van der Waals surface area (Å²) >= 11 is 2.17. The quantitative estimate of drug-likeness (QED) is 0.812. The maximum atomic E-state index is 12.5. The summed E-state index contributed by atoms with van der Waals surface area (Å²) < 4.78 is 1.00. The zero-order valence-electron chi connectivity index (χ0n) is 11.6. The highest BCUT2D eigenvalue weighted by Gasteiger charge is 2.48. The second-order valence-electron chi connectivity index (χ2n) is 5.60. The van der Waals surface area contributed by atoms with E-state index in [0.29, 0.717) is 25.1 Å². The summed E-state index contributed by atoms with van der Waals surface area (Å²) in [5, 5.41) is 9.51. The van der Waals surface area contributed by atoms with Crippen molar-refractivity contribution in [2.24, 2.45) is 11.3 Å². The highest BCUT2D eigenvalue weighted by Crippen LogP contribution is 2.38. The lowest BCUT2D eigenvalue weighted by molar-refractivity contribution is -0.150. The van der Waals surface area contributed by atoms with Crippen LogP contribution < -0.4 is 0 Å². The van der Waals surface area contributed by atoms with Crippen LogP contribution in [0.1, 0.15) is 30.6 Å².